The van der Waals surface area contributed by atoms with Gasteiger partial charge in [-0.1, -0.05) is 0 Å². The summed E-state index contributed by atoms with van der Waals surface area (Å²) in [5.74, 6) is 2.63. The number of terminal acetylenes is 1. The van der Waals surface area contributed by atoms with Crippen molar-refractivity contribution in [1.82, 2.24) is 10.3 Å². The molecule has 1 heterocycles. The van der Waals surface area contributed by atoms with E-state index in [1.165, 1.54) is 11.1 Å². The Morgan fingerprint density at radius 1 is 1.44 bits per heavy atom. The molecule has 86 valence electrons. The Labute approximate surface area is 98.5 Å². The fraction of sp³-hybridized carbons (Fsp3) is 0.500. The highest BCUT2D eigenvalue weighted by Gasteiger charge is 2.11. The molecule has 0 fully saturated rings. The van der Waals surface area contributed by atoms with Crippen LogP contribution in [0.25, 0.3) is 0 Å². The molecule has 0 spiro atoms. The van der Waals surface area contributed by atoms with Crippen molar-refractivity contribution < 1.29 is 0 Å². The van der Waals surface area contributed by atoms with Crippen LogP contribution < -0.4 is 5.32 Å². The topological polar surface area (TPSA) is 24.9 Å². The van der Waals surface area contributed by atoms with Crippen molar-refractivity contribution in [2.75, 3.05) is 6.54 Å². The first-order valence-corrected chi connectivity index (χ1v) is 5.68. The van der Waals surface area contributed by atoms with E-state index in [0.717, 1.165) is 24.4 Å². The first-order chi connectivity index (χ1) is 7.56. The molecule has 0 aliphatic carbocycles. The number of nitrogens with one attached hydrogen (secondary N) is 1. The van der Waals surface area contributed by atoms with Crippen LogP contribution in [0.5, 0.6) is 0 Å². The van der Waals surface area contributed by atoms with Crippen molar-refractivity contribution in [2.24, 2.45) is 0 Å². The molecule has 1 rings (SSSR count). The summed E-state index contributed by atoms with van der Waals surface area (Å²) < 4.78 is 0. The lowest BCUT2D eigenvalue weighted by molar-refractivity contribution is 0.576. The first kappa shape index (κ1) is 12.7. The molecule has 2 nitrogen and oxygen atoms in total. The van der Waals surface area contributed by atoms with Crippen LogP contribution in [-0.2, 0) is 0 Å². The fourth-order valence-corrected chi connectivity index (χ4v) is 2.15. The molecule has 1 atom stereocenters. The van der Waals surface area contributed by atoms with Gasteiger partial charge in [-0.05, 0) is 44.9 Å². The zero-order valence-corrected chi connectivity index (χ0v) is 10.6. The van der Waals surface area contributed by atoms with Gasteiger partial charge in [-0.15, -0.1) is 12.3 Å². The number of aryl methyl sites for hydroxylation is 3. The molecule has 0 saturated carbocycles. The third-order valence-corrected chi connectivity index (χ3v) is 2.74. The van der Waals surface area contributed by atoms with Crippen LogP contribution in [0.1, 0.15) is 41.9 Å². The van der Waals surface area contributed by atoms with Crippen LogP contribution in [0.15, 0.2) is 6.07 Å². The maximum atomic E-state index is 5.23. The lowest BCUT2D eigenvalue weighted by atomic mass is 10.0. The minimum Gasteiger partial charge on any atom is -0.309 e. The van der Waals surface area contributed by atoms with Crippen LogP contribution >= 0.6 is 0 Å². The third kappa shape index (κ3) is 3.08. The van der Waals surface area contributed by atoms with Crippen molar-refractivity contribution in [3.05, 3.63) is 28.6 Å². The molecule has 0 aromatic carbocycles. The van der Waals surface area contributed by atoms with E-state index in [9.17, 15) is 0 Å². The van der Waals surface area contributed by atoms with Crippen LogP contribution in [-0.4, -0.2) is 11.5 Å². The largest absolute Gasteiger partial charge is 0.309 e. The summed E-state index contributed by atoms with van der Waals surface area (Å²) in [6.45, 7) is 9.23. The van der Waals surface area contributed by atoms with Gasteiger partial charge >= 0.3 is 0 Å². The Bertz CT molecular complexity index is 379. The SMILES string of the molecule is C#CCCNC(C)c1c(C)cc(C)nc1C. The van der Waals surface area contributed by atoms with E-state index in [1.807, 2.05) is 6.92 Å². The first-order valence-electron chi connectivity index (χ1n) is 5.68. The zero-order chi connectivity index (χ0) is 12.1. The molecule has 16 heavy (non-hydrogen) atoms. The molecule has 0 aliphatic heterocycles. The van der Waals surface area contributed by atoms with E-state index in [0.29, 0.717) is 6.04 Å². The second-order valence-corrected chi connectivity index (χ2v) is 4.21. The number of rotatable bonds is 4. The predicted molar refractivity (Wildman–Crippen MR) is 68.3 cm³/mol. The summed E-state index contributed by atoms with van der Waals surface area (Å²) in [7, 11) is 0. The summed E-state index contributed by atoms with van der Waals surface area (Å²) in [6, 6.07) is 2.43. The Balaban J connectivity index is 2.83. The molecule has 1 aromatic heterocycles. The highest BCUT2D eigenvalue weighted by Crippen LogP contribution is 2.20. The normalized spacial score (nSPS) is 12.2. The molecule has 0 radical (unpaired) electrons. The molecular weight excluding hydrogens is 196 g/mol. The van der Waals surface area contributed by atoms with Crippen molar-refractivity contribution >= 4 is 0 Å². The van der Waals surface area contributed by atoms with Gasteiger partial charge in [0.05, 0.1) is 0 Å². The molecule has 1 unspecified atom stereocenters. The molecule has 0 aliphatic rings. The molecular formula is C14H20N2. The molecule has 1 aromatic rings. The highest BCUT2D eigenvalue weighted by atomic mass is 14.9. The van der Waals surface area contributed by atoms with E-state index in [2.05, 4.69) is 43.1 Å². The number of pyridine rings is 1. The van der Waals surface area contributed by atoms with Gasteiger partial charge in [-0.2, -0.15) is 0 Å². The van der Waals surface area contributed by atoms with Crippen molar-refractivity contribution in [2.45, 2.75) is 40.2 Å². The van der Waals surface area contributed by atoms with Crippen LogP contribution in [0.2, 0.25) is 0 Å². The minimum absolute atomic E-state index is 0.307. The van der Waals surface area contributed by atoms with Gasteiger partial charge in [0.1, 0.15) is 0 Å². The van der Waals surface area contributed by atoms with Gasteiger partial charge in [0, 0.05) is 30.4 Å². The summed E-state index contributed by atoms with van der Waals surface area (Å²) in [5, 5.41) is 3.42. The Morgan fingerprint density at radius 2 is 2.12 bits per heavy atom. The van der Waals surface area contributed by atoms with E-state index in [-0.39, 0.29) is 0 Å². The van der Waals surface area contributed by atoms with Crippen LogP contribution in [0.4, 0.5) is 0 Å². The van der Waals surface area contributed by atoms with E-state index < -0.39 is 0 Å². The van der Waals surface area contributed by atoms with Gasteiger partial charge in [0.25, 0.3) is 0 Å². The maximum absolute atomic E-state index is 5.23. The van der Waals surface area contributed by atoms with Gasteiger partial charge in [-0.3, -0.25) is 4.98 Å². The molecule has 0 saturated heterocycles. The Hall–Kier alpha value is -1.33. The molecule has 2 heteroatoms. The van der Waals surface area contributed by atoms with Gasteiger partial charge in [0.15, 0.2) is 0 Å². The molecule has 0 bridgehead atoms. The Morgan fingerprint density at radius 3 is 2.69 bits per heavy atom. The van der Waals surface area contributed by atoms with Gasteiger partial charge < -0.3 is 5.32 Å². The van der Waals surface area contributed by atoms with E-state index in [1.54, 1.807) is 0 Å². The predicted octanol–water partition coefficient (Wildman–Crippen LogP) is 2.68. The van der Waals surface area contributed by atoms with Crippen LogP contribution in [0, 0.1) is 33.1 Å². The fourth-order valence-electron chi connectivity index (χ4n) is 2.15. The molecule has 0 amide bonds. The number of nitrogens with zero attached hydrogens (tertiary/aromatic N) is 1. The van der Waals surface area contributed by atoms with Crippen molar-refractivity contribution in [3.63, 3.8) is 0 Å². The molecule has 1 N–H and O–H groups in total. The summed E-state index contributed by atoms with van der Waals surface area (Å²) in [4.78, 5) is 4.50. The average Bonchev–Trinajstić information content (AvgIpc) is 2.16. The quantitative estimate of drug-likeness (QED) is 0.618. The third-order valence-electron chi connectivity index (χ3n) is 2.74. The second-order valence-electron chi connectivity index (χ2n) is 4.21. The van der Waals surface area contributed by atoms with Crippen LogP contribution in [0.3, 0.4) is 0 Å². The van der Waals surface area contributed by atoms with E-state index >= 15 is 0 Å². The summed E-state index contributed by atoms with van der Waals surface area (Å²) in [6.07, 6.45) is 6.00. The number of hydrogen-bond donors (Lipinski definition) is 1. The van der Waals surface area contributed by atoms with Crippen molar-refractivity contribution in [1.29, 1.82) is 0 Å². The minimum atomic E-state index is 0.307. The van der Waals surface area contributed by atoms with Gasteiger partial charge in [0.2, 0.25) is 0 Å². The van der Waals surface area contributed by atoms with Crippen molar-refractivity contribution in [3.8, 4) is 12.3 Å². The lowest BCUT2D eigenvalue weighted by Crippen LogP contribution is -2.21. The summed E-state index contributed by atoms with van der Waals surface area (Å²) in [5.41, 5.74) is 4.78. The highest BCUT2D eigenvalue weighted by molar-refractivity contribution is 5.33. The standard InChI is InChI=1S/C14H20N2/c1-6-7-8-15-12(4)14-10(2)9-11(3)16-13(14)5/h1,9,12,15H,7-8H2,2-5H3. The zero-order valence-electron chi connectivity index (χ0n) is 10.6. The van der Waals surface area contributed by atoms with Gasteiger partial charge in [-0.25, -0.2) is 0 Å². The monoisotopic (exact) mass is 216 g/mol. The lowest BCUT2D eigenvalue weighted by Gasteiger charge is -2.18. The summed E-state index contributed by atoms with van der Waals surface area (Å²) >= 11 is 0. The Kier molecular flexibility index (Phi) is 4.52. The number of hydrogen-bond acceptors (Lipinski definition) is 2. The average molecular weight is 216 g/mol. The van der Waals surface area contributed by atoms with E-state index in [4.69, 9.17) is 6.42 Å². The second kappa shape index (κ2) is 5.67. The number of aromatic nitrogens is 1. The smallest absolute Gasteiger partial charge is 0.0426 e. The maximum Gasteiger partial charge on any atom is 0.0426 e.